The molecule has 174 valence electrons. The maximum Gasteiger partial charge on any atom is 0.268 e. The number of thioether (sulfide) groups is 1. The minimum atomic E-state index is -1.14. The highest BCUT2D eigenvalue weighted by molar-refractivity contribution is 8.02. The molecule has 1 saturated heterocycles. The zero-order valence-electron chi connectivity index (χ0n) is 19.2. The number of halogens is 1. The third kappa shape index (κ3) is 3.56. The lowest BCUT2D eigenvalue weighted by Gasteiger charge is -2.33. The molecule has 2 amide bonds. The maximum atomic E-state index is 14.3. The fraction of sp³-hybridized carbons (Fsp3) is 0.259. The quantitative estimate of drug-likeness (QED) is 0.467. The first-order valence-corrected chi connectivity index (χ1v) is 12.3. The molecule has 0 aromatic heterocycles. The van der Waals surface area contributed by atoms with Crippen LogP contribution in [0.25, 0.3) is 0 Å². The van der Waals surface area contributed by atoms with Crippen molar-refractivity contribution < 1.29 is 14.3 Å². The third-order valence-electron chi connectivity index (χ3n) is 6.31. The van der Waals surface area contributed by atoms with Crippen LogP contribution in [0.1, 0.15) is 35.3 Å². The lowest BCUT2D eigenvalue weighted by molar-refractivity contribution is -0.123. The molecule has 0 radical (unpaired) electrons. The molecule has 2 aliphatic heterocycles. The number of methoxy groups -OCH3 is 1. The molecule has 5 rings (SSSR count). The largest absolute Gasteiger partial charge is 0.497 e. The Morgan fingerprint density at radius 1 is 1.03 bits per heavy atom. The van der Waals surface area contributed by atoms with E-state index in [1.165, 1.54) is 0 Å². The first-order valence-electron chi connectivity index (χ1n) is 11.1. The molecular weight excluding hydrogens is 468 g/mol. The summed E-state index contributed by atoms with van der Waals surface area (Å²) in [6, 6.07) is 22.3. The minimum absolute atomic E-state index is 0.119. The Kier molecular flexibility index (Phi) is 5.61. The van der Waals surface area contributed by atoms with E-state index in [9.17, 15) is 9.59 Å². The summed E-state index contributed by atoms with van der Waals surface area (Å²) < 4.78 is 4.93. The summed E-state index contributed by atoms with van der Waals surface area (Å²) in [7, 11) is 1.59. The van der Waals surface area contributed by atoms with Crippen LogP contribution in [0.15, 0.2) is 72.8 Å². The van der Waals surface area contributed by atoms with E-state index in [2.05, 4.69) is 13.8 Å². The van der Waals surface area contributed by atoms with Crippen LogP contribution in [-0.4, -0.2) is 35.1 Å². The van der Waals surface area contributed by atoms with Gasteiger partial charge >= 0.3 is 0 Å². The van der Waals surface area contributed by atoms with Crippen molar-refractivity contribution >= 4 is 40.9 Å². The van der Waals surface area contributed by atoms with Crippen LogP contribution >= 0.6 is 23.4 Å². The smallest absolute Gasteiger partial charge is 0.268 e. The van der Waals surface area contributed by atoms with Gasteiger partial charge in [-0.05, 0) is 55.8 Å². The molecule has 34 heavy (non-hydrogen) atoms. The Labute approximate surface area is 208 Å². The fourth-order valence-corrected chi connectivity index (χ4v) is 6.73. The normalized spacial score (nSPS) is 20.6. The number of ether oxygens (including phenoxy) is 1. The second-order valence-electron chi connectivity index (χ2n) is 9.13. The van der Waals surface area contributed by atoms with Gasteiger partial charge in [-0.15, -0.1) is 11.8 Å². The number of nitrogens with zero attached hydrogens (tertiary/aromatic N) is 2. The third-order valence-corrected chi connectivity index (χ3v) is 8.27. The van der Waals surface area contributed by atoms with Gasteiger partial charge in [0.05, 0.1) is 19.3 Å². The molecule has 5 nitrogen and oxygen atoms in total. The van der Waals surface area contributed by atoms with Crippen molar-refractivity contribution in [3.05, 3.63) is 94.5 Å². The molecule has 7 heteroatoms. The zero-order valence-corrected chi connectivity index (χ0v) is 20.8. The van der Waals surface area contributed by atoms with Crippen LogP contribution in [0.5, 0.6) is 5.75 Å². The molecular formula is C27H25ClN2O3S. The van der Waals surface area contributed by atoms with E-state index in [-0.39, 0.29) is 16.6 Å². The van der Waals surface area contributed by atoms with E-state index in [0.29, 0.717) is 29.4 Å². The highest BCUT2D eigenvalue weighted by Gasteiger charge is 2.63. The lowest BCUT2D eigenvalue weighted by atomic mass is 10.0. The number of anilines is 1. The van der Waals surface area contributed by atoms with Gasteiger partial charge in [0.25, 0.3) is 11.8 Å². The van der Waals surface area contributed by atoms with Gasteiger partial charge in [-0.1, -0.05) is 48.0 Å². The number of amides is 2. The van der Waals surface area contributed by atoms with E-state index in [4.69, 9.17) is 16.3 Å². The van der Waals surface area contributed by atoms with E-state index >= 15 is 0 Å². The molecule has 1 spiro atoms. The molecule has 2 aliphatic rings. The maximum absolute atomic E-state index is 14.3. The van der Waals surface area contributed by atoms with Crippen molar-refractivity contribution in [1.29, 1.82) is 0 Å². The molecule has 2 heterocycles. The number of fused-ring (bicyclic) bond motifs is 2. The number of carbonyl (C=O) groups is 2. The molecule has 0 aliphatic carbocycles. The Bertz CT molecular complexity index is 1280. The standard InChI is InChI=1S/C27H25ClN2O3S/c1-26(2)17-30(24(31)18-12-14-20(33-3)15-13-18)27(34-26)21-9-5-7-11-23(21)29(25(27)32)16-19-8-4-6-10-22(19)28/h4-15H,16-17H2,1-3H3/t27-/m1/s1. The van der Waals surface area contributed by atoms with Gasteiger partial charge in [-0.25, -0.2) is 0 Å². The fourth-order valence-electron chi connectivity index (χ4n) is 4.80. The van der Waals surface area contributed by atoms with Crippen LogP contribution in [0, 0.1) is 0 Å². The number of hydrogen-bond donors (Lipinski definition) is 0. The molecule has 0 saturated carbocycles. The molecule has 3 aromatic carbocycles. The molecule has 1 atom stereocenters. The number of carbonyl (C=O) groups excluding carboxylic acids is 2. The predicted octanol–water partition coefficient (Wildman–Crippen LogP) is 5.72. The number of benzene rings is 3. The van der Waals surface area contributed by atoms with E-state index in [0.717, 1.165) is 16.8 Å². The molecule has 1 fully saturated rings. The molecule has 0 unspecified atom stereocenters. The number of para-hydroxylation sites is 1. The lowest BCUT2D eigenvalue weighted by Crippen LogP contribution is -2.50. The predicted molar refractivity (Wildman–Crippen MR) is 136 cm³/mol. The Balaban J connectivity index is 1.61. The number of rotatable bonds is 4. The second kappa shape index (κ2) is 8.36. The Morgan fingerprint density at radius 2 is 1.71 bits per heavy atom. The van der Waals surface area contributed by atoms with Crippen LogP contribution in [0.3, 0.4) is 0 Å². The van der Waals surface area contributed by atoms with Gasteiger partial charge in [0.1, 0.15) is 5.75 Å². The van der Waals surface area contributed by atoms with Crippen molar-refractivity contribution in [3.8, 4) is 5.75 Å². The van der Waals surface area contributed by atoms with Crippen molar-refractivity contribution in [3.63, 3.8) is 0 Å². The van der Waals surface area contributed by atoms with Crippen molar-refractivity contribution in [2.45, 2.75) is 30.0 Å². The summed E-state index contributed by atoms with van der Waals surface area (Å²) in [4.78, 5) is 30.5. The van der Waals surface area contributed by atoms with Crippen LogP contribution in [-0.2, 0) is 16.2 Å². The SMILES string of the molecule is COc1ccc(C(=O)N2CC(C)(C)S[C@]23C(=O)N(Cc2ccccc2Cl)c2ccccc23)cc1. The second-order valence-corrected chi connectivity index (χ2v) is 11.4. The molecule has 3 aromatic rings. The minimum Gasteiger partial charge on any atom is -0.497 e. The van der Waals surface area contributed by atoms with Gasteiger partial charge in [0.15, 0.2) is 4.87 Å². The summed E-state index contributed by atoms with van der Waals surface area (Å²) in [5.41, 5.74) is 3.03. The average Bonchev–Trinajstić information content (AvgIpc) is 3.26. The Hall–Kier alpha value is -2.96. The number of hydrogen-bond acceptors (Lipinski definition) is 4. The van der Waals surface area contributed by atoms with E-state index < -0.39 is 4.87 Å². The van der Waals surface area contributed by atoms with Gasteiger partial charge in [0.2, 0.25) is 0 Å². The van der Waals surface area contributed by atoms with Crippen LogP contribution < -0.4 is 9.64 Å². The summed E-state index contributed by atoms with van der Waals surface area (Å²) in [5.74, 6) is 0.380. The summed E-state index contributed by atoms with van der Waals surface area (Å²) >= 11 is 7.98. The van der Waals surface area contributed by atoms with E-state index in [1.807, 2.05) is 48.5 Å². The zero-order chi connectivity index (χ0) is 24.1. The van der Waals surface area contributed by atoms with Crippen LogP contribution in [0.2, 0.25) is 5.02 Å². The molecule has 0 N–H and O–H groups in total. The average molecular weight is 493 g/mol. The van der Waals surface area contributed by atoms with E-state index in [1.54, 1.807) is 52.9 Å². The monoisotopic (exact) mass is 492 g/mol. The van der Waals surface area contributed by atoms with Crippen molar-refractivity contribution in [2.75, 3.05) is 18.6 Å². The van der Waals surface area contributed by atoms with Crippen molar-refractivity contribution in [2.24, 2.45) is 0 Å². The van der Waals surface area contributed by atoms with Crippen LogP contribution in [0.4, 0.5) is 5.69 Å². The summed E-state index contributed by atoms with van der Waals surface area (Å²) in [5, 5.41) is 0.610. The summed E-state index contributed by atoms with van der Waals surface area (Å²) in [6.45, 7) is 4.94. The highest BCUT2D eigenvalue weighted by atomic mass is 35.5. The van der Waals surface area contributed by atoms with Gasteiger partial charge < -0.3 is 14.5 Å². The highest BCUT2D eigenvalue weighted by Crippen LogP contribution is 2.60. The van der Waals surface area contributed by atoms with Gasteiger partial charge in [-0.3, -0.25) is 9.59 Å². The van der Waals surface area contributed by atoms with Gasteiger partial charge in [0, 0.05) is 27.4 Å². The topological polar surface area (TPSA) is 49.9 Å². The first kappa shape index (κ1) is 22.8. The van der Waals surface area contributed by atoms with Gasteiger partial charge in [-0.2, -0.15) is 0 Å². The summed E-state index contributed by atoms with van der Waals surface area (Å²) in [6.07, 6.45) is 0. The first-order chi connectivity index (χ1) is 16.3. The van der Waals surface area contributed by atoms with Crippen molar-refractivity contribution in [1.82, 2.24) is 4.90 Å². The Morgan fingerprint density at radius 3 is 2.41 bits per heavy atom. The molecule has 0 bridgehead atoms.